The van der Waals surface area contributed by atoms with Gasteiger partial charge in [-0.2, -0.15) is 0 Å². The molecule has 1 aliphatic rings. The predicted molar refractivity (Wildman–Crippen MR) is 86.5 cm³/mol. The summed E-state index contributed by atoms with van der Waals surface area (Å²) in [6, 6.07) is 0. The van der Waals surface area contributed by atoms with Crippen molar-refractivity contribution in [2.45, 2.75) is 71.8 Å². The smallest absolute Gasteiger partial charge is 0.411 e. The van der Waals surface area contributed by atoms with E-state index in [1.165, 1.54) is 4.90 Å². The number of carboxylic acids is 1. The van der Waals surface area contributed by atoms with Gasteiger partial charge in [-0.15, -0.1) is 0 Å². The second kappa shape index (κ2) is 7.27. The third-order valence-electron chi connectivity index (χ3n) is 3.26. The Bertz CT molecular complexity index is 492. The molecule has 8 heteroatoms. The minimum absolute atomic E-state index is 0.105. The summed E-state index contributed by atoms with van der Waals surface area (Å²) < 4.78 is 10.5. The zero-order chi connectivity index (χ0) is 18.7. The maximum Gasteiger partial charge on any atom is 0.411 e. The monoisotopic (exact) mass is 344 g/mol. The first-order chi connectivity index (χ1) is 10.8. The van der Waals surface area contributed by atoms with Crippen LogP contribution in [0.15, 0.2) is 0 Å². The maximum atomic E-state index is 12.3. The van der Waals surface area contributed by atoms with Crippen molar-refractivity contribution in [3.8, 4) is 0 Å². The quantitative estimate of drug-likeness (QED) is 0.797. The second-order valence-electron chi connectivity index (χ2n) is 7.90. The molecule has 0 bridgehead atoms. The van der Waals surface area contributed by atoms with E-state index in [9.17, 15) is 19.5 Å². The number of carbonyl (C=O) groups excluding carboxylic acids is 2. The standard InChI is InChI=1S/C16H28N2O6/c1-15(2,3)23-13(21)17-11-9-10(12(19)20)7-8-18(11)14(22)24-16(4,5)6/h10-11H,7-9H2,1-6H3,(H,17,21)(H,19,20)/t10-,11-/m0/s1. The number of carbonyl (C=O) groups is 3. The molecule has 0 aromatic heterocycles. The zero-order valence-corrected chi connectivity index (χ0v) is 15.2. The first kappa shape index (κ1) is 20.1. The van der Waals surface area contributed by atoms with Crippen LogP contribution in [0.1, 0.15) is 54.4 Å². The van der Waals surface area contributed by atoms with Gasteiger partial charge < -0.3 is 19.9 Å². The van der Waals surface area contributed by atoms with Gasteiger partial charge in [0.25, 0.3) is 0 Å². The fourth-order valence-corrected chi connectivity index (χ4v) is 2.31. The average molecular weight is 344 g/mol. The lowest BCUT2D eigenvalue weighted by Gasteiger charge is -2.39. The Labute approximate surface area is 142 Å². The van der Waals surface area contributed by atoms with Crippen LogP contribution < -0.4 is 5.32 Å². The fourth-order valence-electron chi connectivity index (χ4n) is 2.31. The van der Waals surface area contributed by atoms with E-state index in [1.54, 1.807) is 41.5 Å². The summed E-state index contributed by atoms with van der Waals surface area (Å²) in [7, 11) is 0. The second-order valence-corrected chi connectivity index (χ2v) is 7.90. The molecular formula is C16H28N2O6. The first-order valence-corrected chi connectivity index (χ1v) is 8.00. The molecule has 1 rings (SSSR count). The number of ether oxygens (including phenoxy) is 2. The summed E-state index contributed by atoms with van der Waals surface area (Å²) in [4.78, 5) is 36.9. The van der Waals surface area contributed by atoms with E-state index >= 15 is 0 Å². The van der Waals surface area contributed by atoms with Crippen molar-refractivity contribution in [3.63, 3.8) is 0 Å². The lowest BCUT2D eigenvalue weighted by molar-refractivity contribution is -0.144. The number of hydrogen-bond donors (Lipinski definition) is 2. The van der Waals surface area contributed by atoms with Crippen LogP contribution in [0.3, 0.4) is 0 Å². The lowest BCUT2D eigenvalue weighted by atomic mass is 9.95. The van der Waals surface area contributed by atoms with Gasteiger partial charge in [0.05, 0.1) is 5.92 Å². The minimum Gasteiger partial charge on any atom is -0.481 e. The third kappa shape index (κ3) is 6.64. The summed E-state index contributed by atoms with van der Waals surface area (Å²) in [5.41, 5.74) is -1.38. The number of aliphatic carboxylic acids is 1. The van der Waals surface area contributed by atoms with E-state index in [0.29, 0.717) is 6.42 Å². The highest BCUT2D eigenvalue weighted by molar-refractivity contribution is 5.74. The highest BCUT2D eigenvalue weighted by Crippen LogP contribution is 2.24. The van der Waals surface area contributed by atoms with Crippen molar-refractivity contribution in [3.05, 3.63) is 0 Å². The van der Waals surface area contributed by atoms with Crippen LogP contribution in [0, 0.1) is 5.92 Å². The van der Waals surface area contributed by atoms with Crippen LogP contribution in [0.25, 0.3) is 0 Å². The number of alkyl carbamates (subject to hydrolysis) is 1. The average Bonchev–Trinajstić information content (AvgIpc) is 2.33. The Balaban J connectivity index is 2.85. The molecule has 0 aromatic carbocycles. The molecular weight excluding hydrogens is 316 g/mol. The Kier molecular flexibility index (Phi) is 6.08. The van der Waals surface area contributed by atoms with Crippen molar-refractivity contribution in [1.82, 2.24) is 10.2 Å². The predicted octanol–water partition coefficient (Wildman–Crippen LogP) is 2.57. The molecule has 2 amide bonds. The molecule has 0 unspecified atom stereocenters. The fraction of sp³-hybridized carbons (Fsp3) is 0.812. The molecule has 138 valence electrons. The Morgan fingerprint density at radius 1 is 1.04 bits per heavy atom. The van der Waals surface area contributed by atoms with E-state index in [2.05, 4.69) is 5.32 Å². The van der Waals surface area contributed by atoms with Crippen LogP contribution in [0.4, 0.5) is 9.59 Å². The lowest BCUT2D eigenvalue weighted by Crippen LogP contribution is -2.57. The summed E-state index contributed by atoms with van der Waals surface area (Å²) in [5, 5.41) is 11.8. The molecule has 0 radical (unpaired) electrons. The number of likely N-dealkylation sites (tertiary alicyclic amines) is 1. The van der Waals surface area contributed by atoms with Crippen LogP contribution in [-0.4, -0.2) is 52.1 Å². The van der Waals surface area contributed by atoms with Crippen LogP contribution in [-0.2, 0) is 14.3 Å². The normalized spacial score (nSPS) is 21.8. The molecule has 1 fully saturated rings. The Morgan fingerprint density at radius 3 is 2.04 bits per heavy atom. The van der Waals surface area contributed by atoms with E-state index in [1.807, 2.05) is 0 Å². The number of rotatable bonds is 2. The molecule has 2 N–H and O–H groups in total. The van der Waals surface area contributed by atoms with Gasteiger partial charge in [0, 0.05) is 6.54 Å². The van der Waals surface area contributed by atoms with Gasteiger partial charge in [-0.05, 0) is 54.4 Å². The molecule has 0 aromatic rings. The third-order valence-corrected chi connectivity index (χ3v) is 3.26. The van der Waals surface area contributed by atoms with Gasteiger partial charge in [0.1, 0.15) is 17.4 Å². The van der Waals surface area contributed by atoms with Crippen molar-refractivity contribution >= 4 is 18.2 Å². The number of piperidine rings is 1. The minimum atomic E-state index is -0.949. The molecule has 1 aliphatic heterocycles. The largest absolute Gasteiger partial charge is 0.481 e. The van der Waals surface area contributed by atoms with Gasteiger partial charge in [0.2, 0.25) is 0 Å². The Morgan fingerprint density at radius 2 is 1.58 bits per heavy atom. The van der Waals surface area contributed by atoms with Crippen LogP contribution in [0.5, 0.6) is 0 Å². The van der Waals surface area contributed by atoms with Crippen molar-refractivity contribution in [2.75, 3.05) is 6.54 Å². The maximum absolute atomic E-state index is 12.3. The highest BCUT2D eigenvalue weighted by atomic mass is 16.6. The van der Waals surface area contributed by atoms with Gasteiger partial charge in [-0.25, -0.2) is 9.59 Å². The summed E-state index contributed by atoms with van der Waals surface area (Å²) in [6.45, 7) is 10.6. The topological polar surface area (TPSA) is 105 Å². The molecule has 2 atom stereocenters. The molecule has 8 nitrogen and oxygen atoms in total. The van der Waals surface area contributed by atoms with Gasteiger partial charge in [0.15, 0.2) is 0 Å². The van der Waals surface area contributed by atoms with Crippen molar-refractivity contribution in [1.29, 1.82) is 0 Å². The van der Waals surface area contributed by atoms with Gasteiger partial charge in [-0.3, -0.25) is 9.69 Å². The molecule has 24 heavy (non-hydrogen) atoms. The number of carboxylic acid groups (broad SMARTS) is 1. The molecule has 1 heterocycles. The molecule has 1 saturated heterocycles. The molecule has 0 aliphatic carbocycles. The summed E-state index contributed by atoms with van der Waals surface area (Å²) in [5.74, 6) is -1.58. The SMILES string of the molecule is CC(C)(C)OC(=O)N[C@@H]1C[C@@H](C(=O)O)CCN1C(=O)OC(C)(C)C. The summed E-state index contributed by atoms with van der Waals surface area (Å²) in [6.07, 6.45) is -1.67. The zero-order valence-electron chi connectivity index (χ0n) is 15.2. The van der Waals surface area contributed by atoms with Crippen LogP contribution >= 0.6 is 0 Å². The Hall–Kier alpha value is -1.99. The molecule has 0 spiro atoms. The van der Waals surface area contributed by atoms with Crippen molar-refractivity contribution in [2.24, 2.45) is 5.92 Å². The molecule has 0 saturated carbocycles. The number of nitrogens with zero attached hydrogens (tertiary/aromatic N) is 1. The van der Waals surface area contributed by atoms with E-state index in [0.717, 1.165) is 0 Å². The van der Waals surface area contributed by atoms with Crippen LogP contribution in [0.2, 0.25) is 0 Å². The van der Waals surface area contributed by atoms with E-state index < -0.39 is 41.4 Å². The van der Waals surface area contributed by atoms with Gasteiger partial charge >= 0.3 is 18.2 Å². The number of hydrogen-bond acceptors (Lipinski definition) is 5. The van der Waals surface area contributed by atoms with Gasteiger partial charge in [-0.1, -0.05) is 0 Å². The number of nitrogens with one attached hydrogen (secondary N) is 1. The van der Waals surface area contributed by atoms with E-state index in [4.69, 9.17) is 9.47 Å². The van der Waals surface area contributed by atoms with E-state index in [-0.39, 0.29) is 13.0 Å². The first-order valence-electron chi connectivity index (χ1n) is 8.00. The van der Waals surface area contributed by atoms with Crippen molar-refractivity contribution < 1.29 is 29.0 Å². The summed E-state index contributed by atoms with van der Waals surface area (Å²) >= 11 is 0. The number of amides is 2. The highest BCUT2D eigenvalue weighted by Gasteiger charge is 2.38.